The first kappa shape index (κ1) is 26.7. The molecule has 1 saturated heterocycles. The molecule has 198 valence electrons. The summed E-state index contributed by atoms with van der Waals surface area (Å²) in [4.78, 5) is 17.5. The molecule has 0 radical (unpaired) electrons. The summed E-state index contributed by atoms with van der Waals surface area (Å²) in [5.74, 6) is 0.00834. The summed E-state index contributed by atoms with van der Waals surface area (Å²) >= 11 is 0. The van der Waals surface area contributed by atoms with Gasteiger partial charge in [-0.05, 0) is 75.1 Å². The molecule has 3 atom stereocenters. The van der Waals surface area contributed by atoms with Crippen molar-refractivity contribution in [3.8, 4) is 0 Å². The fourth-order valence-electron chi connectivity index (χ4n) is 5.20. The summed E-state index contributed by atoms with van der Waals surface area (Å²) in [6.07, 6.45) is 9.09. The number of amides is 1. The number of hydrogen-bond donors (Lipinski definition) is 3. The SMILES string of the molecule is CCCC(NC1CCc2cc(F)cc(F)c2C1)C(=O)Nc1cn([C@@H](C)CNCC2CCOCC2)cn1. The molecule has 2 aliphatic rings. The topological polar surface area (TPSA) is 80.2 Å². The normalized spacial score (nSPS) is 20.1. The van der Waals surface area contributed by atoms with Gasteiger partial charge >= 0.3 is 0 Å². The minimum Gasteiger partial charge on any atom is -0.381 e. The molecule has 7 nitrogen and oxygen atoms in total. The molecule has 2 unspecified atom stereocenters. The van der Waals surface area contributed by atoms with Crippen molar-refractivity contribution in [1.29, 1.82) is 0 Å². The molecule has 1 fully saturated rings. The van der Waals surface area contributed by atoms with Gasteiger partial charge in [0.15, 0.2) is 5.82 Å². The van der Waals surface area contributed by atoms with Crippen LogP contribution >= 0.6 is 0 Å². The number of carbonyl (C=O) groups excluding carboxylic acids is 1. The van der Waals surface area contributed by atoms with E-state index in [1.807, 2.05) is 17.7 Å². The summed E-state index contributed by atoms with van der Waals surface area (Å²) in [6, 6.07) is 2.11. The van der Waals surface area contributed by atoms with Crippen LogP contribution < -0.4 is 16.0 Å². The van der Waals surface area contributed by atoms with Crippen molar-refractivity contribution in [2.24, 2.45) is 5.92 Å². The quantitative estimate of drug-likeness (QED) is 0.432. The Morgan fingerprint density at radius 2 is 2.06 bits per heavy atom. The van der Waals surface area contributed by atoms with E-state index in [4.69, 9.17) is 4.74 Å². The van der Waals surface area contributed by atoms with Gasteiger partial charge < -0.3 is 25.3 Å². The Balaban J connectivity index is 1.28. The minimum atomic E-state index is -0.537. The van der Waals surface area contributed by atoms with Crippen molar-refractivity contribution < 1.29 is 18.3 Å². The Bertz CT molecular complexity index is 1010. The zero-order valence-corrected chi connectivity index (χ0v) is 21.4. The molecule has 3 N–H and O–H groups in total. The molecule has 1 aromatic heterocycles. The first-order valence-electron chi connectivity index (χ1n) is 13.3. The lowest BCUT2D eigenvalue weighted by molar-refractivity contribution is -0.118. The fraction of sp³-hybridized carbons (Fsp3) is 0.630. The third-order valence-electron chi connectivity index (χ3n) is 7.37. The maximum atomic E-state index is 14.3. The van der Waals surface area contributed by atoms with Crippen LogP contribution in [0.1, 0.15) is 63.1 Å². The van der Waals surface area contributed by atoms with E-state index >= 15 is 0 Å². The van der Waals surface area contributed by atoms with Crippen LogP contribution in [0.5, 0.6) is 0 Å². The van der Waals surface area contributed by atoms with Crippen LogP contribution in [0.25, 0.3) is 0 Å². The molecular weight excluding hydrogens is 464 g/mol. The molecular formula is C27H39F2N5O2. The number of hydrogen-bond acceptors (Lipinski definition) is 5. The van der Waals surface area contributed by atoms with Crippen molar-refractivity contribution in [2.45, 2.75) is 76.9 Å². The Morgan fingerprint density at radius 3 is 2.83 bits per heavy atom. The lowest BCUT2D eigenvalue weighted by Crippen LogP contribution is -2.48. The number of halogens is 2. The molecule has 2 heterocycles. The lowest BCUT2D eigenvalue weighted by Gasteiger charge is -2.29. The average molecular weight is 504 g/mol. The van der Waals surface area contributed by atoms with Crippen LogP contribution in [-0.4, -0.2) is 53.8 Å². The smallest absolute Gasteiger partial charge is 0.242 e. The number of nitrogens with zero attached hydrogens (tertiary/aromatic N) is 2. The maximum absolute atomic E-state index is 14.3. The van der Waals surface area contributed by atoms with Gasteiger partial charge in [0, 0.05) is 44.1 Å². The van der Waals surface area contributed by atoms with Crippen LogP contribution in [0.2, 0.25) is 0 Å². The molecule has 1 aliphatic heterocycles. The Hall–Kier alpha value is -2.36. The van der Waals surface area contributed by atoms with Gasteiger partial charge in [-0.3, -0.25) is 4.79 Å². The molecule has 36 heavy (non-hydrogen) atoms. The van der Waals surface area contributed by atoms with Gasteiger partial charge in [0.2, 0.25) is 5.91 Å². The maximum Gasteiger partial charge on any atom is 0.242 e. The van der Waals surface area contributed by atoms with Gasteiger partial charge in [0.05, 0.1) is 12.4 Å². The van der Waals surface area contributed by atoms with Crippen LogP contribution in [-0.2, 0) is 22.4 Å². The number of aromatic nitrogens is 2. The number of nitrogens with one attached hydrogen (secondary N) is 3. The van der Waals surface area contributed by atoms with Gasteiger partial charge in [-0.15, -0.1) is 0 Å². The second-order valence-electron chi connectivity index (χ2n) is 10.2. The summed E-state index contributed by atoms with van der Waals surface area (Å²) in [5, 5.41) is 9.92. The van der Waals surface area contributed by atoms with E-state index in [0.29, 0.717) is 36.6 Å². The molecule has 0 saturated carbocycles. The van der Waals surface area contributed by atoms with Crippen molar-refractivity contribution in [2.75, 3.05) is 31.6 Å². The first-order chi connectivity index (χ1) is 17.4. The molecule has 4 rings (SSSR count). The third-order valence-corrected chi connectivity index (χ3v) is 7.37. The number of anilines is 1. The summed E-state index contributed by atoms with van der Waals surface area (Å²) in [5.41, 5.74) is 1.28. The van der Waals surface area contributed by atoms with Gasteiger partial charge in [0.1, 0.15) is 11.6 Å². The molecule has 1 aromatic carbocycles. The van der Waals surface area contributed by atoms with Crippen molar-refractivity contribution in [3.05, 3.63) is 47.4 Å². The van der Waals surface area contributed by atoms with E-state index in [2.05, 4.69) is 27.9 Å². The predicted molar refractivity (Wildman–Crippen MR) is 136 cm³/mol. The number of fused-ring (bicyclic) bond motifs is 1. The summed E-state index contributed by atoms with van der Waals surface area (Å²) in [6.45, 7) is 7.67. The Morgan fingerprint density at radius 1 is 1.25 bits per heavy atom. The lowest BCUT2D eigenvalue weighted by atomic mass is 9.87. The molecule has 0 spiro atoms. The van der Waals surface area contributed by atoms with Crippen LogP contribution in [0.15, 0.2) is 24.7 Å². The molecule has 0 bridgehead atoms. The van der Waals surface area contributed by atoms with E-state index in [9.17, 15) is 13.6 Å². The predicted octanol–water partition coefficient (Wildman–Crippen LogP) is 3.99. The van der Waals surface area contributed by atoms with Crippen LogP contribution in [0, 0.1) is 17.6 Å². The number of rotatable bonds is 11. The number of ether oxygens (including phenoxy) is 1. The van der Waals surface area contributed by atoms with E-state index in [1.165, 1.54) is 6.07 Å². The minimum absolute atomic E-state index is 0.0425. The third kappa shape index (κ3) is 7.11. The van der Waals surface area contributed by atoms with E-state index < -0.39 is 17.7 Å². The second-order valence-corrected chi connectivity index (χ2v) is 10.2. The zero-order chi connectivity index (χ0) is 25.5. The van der Waals surface area contributed by atoms with Gasteiger partial charge in [-0.2, -0.15) is 0 Å². The zero-order valence-electron chi connectivity index (χ0n) is 21.4. The summed E-state index contributed by atoms with van der Waals surface area (Å²) in [7, 11) is 0. The monoisotopic (exact) mass is 503 g/mol. The van der Waals surface area contributed by atoms with Crippen molar-refractivity contribution in [3.63, 3.8) is 0 Å². The van der Waals surface area contributed by atoms with Crippen LogP contribution in [0.4, 0.5) is 14.6 Å². The fourth-order valence-corrected chi connectivity index (χ4v) is 5.20. The first-order valence-corrected chi connectivity index (χ1v) is 13.3. The number of carbonyl (C=O) groups is 1. The standard InChI is InChI=1S/C27H39F2N5O2/c1-3-4-25(32-22-6-5-20-11-21(28)12-24(29)23(20)13-22)27(35)33-26-16-34(17-31-26)18(2)14-30-15-19-7-9-36-10-8-19/h11-12,16-19,22,25,30,32H,3-10,13-15H2,1-2H3,(H,33,35)/t18-,22?,25?/m0/s1. The van der Waals surface area contributed by atoms with Crippen molar-refractivity contribution >= 4 is 11.7 Å². The van der Waals surface area contributed by atoms with E-state index in [1.54, 1.807) is 6.33 Å². The van der Waals surface area contributed by atoms with E-state index in [-0.39, 0.29) is 18.0 Å². The molecule has 2 aromatic rings. The van der Waals surface area contributed by atoms with Crippen LogP contribution in [0.3, 0.4) is 0 Å². The number of imidazole rings is 1. The molecule has 9 heteroatoms. The summed E-state index contributed by atoms with van der Waals surface area (Å²) < 4.78 is 35.3. The highest BCUT2D eigenvalue weighted by Gasteiger charge is 2.27. The van der Waals surface area contributed by atoms with E-state index in [0.717, 1.165) is 63.6 Å². The number of benzene rings is 1. The highest BCUT2D eigenvalue weighted by Crippen LogP contribution is 2.26. The highest BCUT2D eigenvalue weighted by molar-refractivity contribution is 5.94. The Kier molecular flexibility index (Phi) is 9.45. The Labute approximate surface area is 212 Å². The van der Waals surface area contributed by atoms with Gasteiger partial charge in [0.25, 0.3) is 0 Å². The average Bonchev–Trinajstić information content (AvgIpc) is 3.33. The molecule has 1 amide bonds. The highest BCUT2D eigenvalue weighted by atomic mass is 19.1. The second kappa shape index (κ2) is 12.7. The van der Waals surface area contributed by atoms with Crippen molar-refractivity contribution in [1.82, 2.24) is 20.2 Å². The van der Waals surface area contributed by atoms with Gasteiger partial charge in [-0.1, -0.05) is 13.3 Å². The van der Waals surface area contributed by atoms with Gasteiger partial charge in [-0.25, -0.2) is 13.8 Å². The molecule has 1 aliphatic carbocycles. The number of aryl methyl sites for hydroxylation is 1. The largest absolute Gasteiger partial charge is 0.381 e.